The van der Waals surface area contributed by atoms with Crippen LogP contribution < -0.4 is 16.8 Å². The first-order valence-corrected chi connectivity index (χ1v) is 6.16. The molecule has 2 aromatic rings. The first-order chi connectivity index (χ1) is 9.61. The lowest BCUT2D eigenvalue weighted by atomic mass is 10.1. The van der Waals surface area contributed by atoms with Crippen molar-refractivity contribution in [3.8, 4) is 0 Å². The number of carbonyl (C=O) groups excluding carboxylic acids is 1. The van der Waals surface area contributed by atoms with E-state index in [-0.39, 0.29) is 5.91 Å². The fourth-order valence-electron chi connectivity index (χ4n) is 1.81. The Kier molecular flexibility index (Phi) is 4.34. The first kappa shape index (κ1) is 14.0. The molecule has 0 aromatic heterocycles. The van der Waals surface area contributed by atoms with Gasteiger partial charge in [0.1, 0.15) is 6.23 Å². The molecule has 5 heteroatoms. The van der Waals surface area contributed by atoms with Gasteiger partial charge in [0.2, 0.25) is 0 Å². The number of methoxy groups -OCH3 is 1. The maximum atomic E-state index is 12.2. The topological polar surface area (TPSA) is 90.4 Å². The van der Waals surface area contributed by atoms with Crippen LogP contribution in [0.1, 0.15) is 22.1 Å². The number of carbonyl (C=O) groups is 1. The number of nitrogen functional groups attached to an aromatic ring is 1. The van der Waals surface area contributed by atoms with Gasteiger partial charge in [-0.15, -0.1) is 0 Å². The van der Waals surface area contributed by atoms with Crippen LogP contribution >= 0.6 is 0 Å². The number of hydrogen-bond acceptors (Lipinski definition) is 4. The molecule has 0 aliphatic rings. The molecule has 0 aliphatic carbocycles. The third kappa shape index (κ3) is 3.14. The predicted molar refractivity (Wildman–Crippen MR) is 79.2 cm³/mol. The number of nitrogens with one attached hydrogen (secondary N) is 1. The maximum Gasteiger partial charge on any atom is 0.255 e. The van der Waals surface area contributed by atoms with Gasteiger partial charge in [-0.25, -0.2) is 0 Å². The number of hydrogen-bond donors (Lipinski definition) is 3. The van der Waals surface area contributed by atoms with Crippen molar-refractivity contribution in [2.75, 3.05) is 18.2 Å². The molecule has 104 valence electrons. The van der Waals surface area contributed by atoms with Gasteiger partial charge in [0.15, 0.2) is 0 Å². The van der Waals surface area contributed by atoms with Crippen LogP contribution in [-0.2, 0) is 4.74 Å². The summed E-state index contributed by atoms with van der Waals surface area (Å²) in [5.74, 6) is -0.222. The SMILES string of the molecule is COC(N)c1ccccc1NC(=O)c1ccc(N)cc1. The summed E-state index contributed by atoms with van der Waals surface area (Å²) in [4.78, 5) is 12.2. The molecule has 0 bridgehead atoms. The van der Waals surface area contributed by atoms with E-state index >= 15 is 0 Å². The van der Waals surface area contributed by atoms with E-state index in [0.717, 1.165) is 5.56 Å². The zero-order chi connectivity index (χ0) is 14.5. The zero-order valence-corrected chi connectivity index (χ0v) is 11.2. The summed E-state index contributed by atoms with van der Waals surface area (Å²) in [6, 6.07) is 14.0. The molecule has 0 radical (unpaired) electrons. The van der Waals surface area contributed by atoms with Gasteiger partial charge in [-0.1, -0.05) is 18.2 Å². The predicted octanol–water partition coefficient (Wildman–Crippen LogP) is 2.12. The van der Waals surface area contributed by atoms with E-state index in [9.17, 15) is 4.79 Å². The van der Waals surface area contributed by atoms with E-state index in [1.807, 2.05) is 18.2 Å². The van der Waals surface area contributed by atoms with E-state index in [1.54, 1.807) is 30.3 Å². The zero-order valence-electron chi connectivity index (χ0n) is 11.2. The van der Waals surface area contributed by atoms with E-state index < -0.39 is 6.23 Å². The minimum atomic E-state index is -0.585. The van der Waals surface area contributed by atoms with Crippen molar-refractivity contribution in [1.29, 1.82) is 0 Å². The molecule has 2 aromatic carbocycles. The number of nitrogens with two attached hydrogens (primary N) is 2. The second kappa shape index (κ2) is 6.18. The Hall–Kier alpha value is -2.37. The number of benzene rings is 2. The highest BCUT2D eigenvalue weighted by molar-refractivity contribution is 6.04. The number of ether oxygens (including phenoxy) is 1. The fourth-order valence-corrected chi connectivity index (χ4v) is 1.81. The normalized spacial score (nSPS) is 11.9. The highest BCUT2D eigenvalue weighted by Crippen LogP contribution is 2.22. The third-order valence-corrected chi connectivity index (χ3v) is 2.94. The minimum absolute atomic E-state index is 0.222. The van der Waals surface area contributed by atoms with Crippen molar-refractivity contribution in [2.24, 2.45) is 5.73 Å². The molecule has 1 amide bonds. The monoisotopic (exact) mass is 271 g/mol. The Morgan fingerprint density at radius 1 is 1.15 bits per heavy atom. The Balaban J connectivity index is 2.21. The summed E-state index contributed by atoms with van der Waals surface area (Å²) in [5.41, 5.74) is 13.9. The lowest BCUT2D eigenvalue weighted by molar-refractivity contribution is 0.102. The Morgan fingerprint density at radius 2 is 1.80 bits per heavy atom. The van der Waals surface area contributed by atoms with Crippen molar-refractivity contribution < 1.29 is 9.53 Å². The van der Waals surface area contributed by atoms with Crippen LogP contribution in [0.15, 0.2) is 48.5 Å². The van der Waals surface area contributed by atoms with Crippen LogP contribution in [-0.4, -0.2) is 13.0 Å². The molecule has 1 atom stereocenters. The van der Waals surface area contributed by atoms with E-state index in [1.165, 1.54) is 7.11 Å². The minimum Gasteiger partial charge on any atom is -0.399 e. The largest absolute Gasteiger partial charge is 0.399 e. The summed E-state index contributed by atoms with van der Waals surface area (Å²) in [5, 5.41) is 2.82. The smallest absolute Gasteiger partial charge is 0.255 e. The van der Waals surface area contributed by atoms with Gasteiger partial charge in [-0.05, 0) is 30.3 Å². The summed E-state index contributed by atoms with van der Waals surface area (Å²) >= 11 is 0. The molecule has 5 nitrogen and oxygen atoms in total. The van der Waals surface area contributed by atoms with E-state index in [4.69, 9.17) is 16.2 Å². The van der Waals surface area contributed by atoms with Gasteiger partial charge in [0.25, 0.3) is 5.91 Å². The van der Waals surface area contributed by atoms with Gasteiger partial charge < -0.3 is 21.5 Å². The first-order valence-electron chi connectivity index (χ1n) is 6.16. The van der Waals surface area contributed by atoms with Gasteiger partial charge in [0, 0.05) is 29.6 Å². The third-order valence-electron chi connectivity index (χ3n) is 2.94. The maximum absolute atomic E-state index is 12.2. The van der Waals surface area contributed by atoms with Crippen LogP contribution in [0.2, 0.25) is 0 Å². The average molecular weight is 271 g/mol. The Morgan fingerprint density at radius 3 is 2.45 bits per heavy atom. The lowest BCUT2D eigenvalue weighted by Crippen LogP contribution is -2.18. The highest BCUT2D eigenvalue weighted by atomic mass is 16.5. The van der Waals surface area contributed by atoms with Crippen LogP contribution in [0.3, 0.4) is 0 Å². The van der Waals surface area contributed by atoms with Crippen molar-refractivity contribution >= 4 is 17.3 Å². The van der Waals surface area contributed by atoms with Crippen molar-refractivity contribution in [2.45, 2.75) is 6.23 Å². The molecule has 0 saturated carbocycles. The molecular formula is C15H17N3O2. The second-order valence-corrected chi connectivity index (χ2v) is 4.32. The fraction of sp³-hybridized carbons (Fsp3) is 0.133. The van der Waals surface area contributed by atoms with Crippen LogP contribution in [0, 0.1) is 0 Å². The summed E-state index contributed by atoms with van der Waals surface area (Å²) in [6.07, 6.45) is -0.585. The molecule has 0 aliphatic heterocycles. The summed E-state index contributed by atoms with van der Waals surface area (Å²) in [7, 11) is 1.52. The second-order valence-electron chi connectivity index (χ2n) is 4.32. The lowest BCUT2D eigenvalue weighted by Gasteiger charge is -2.15. The summed E-state index contributed by atoms with van der Waals surface area (Å²) in [6.45, 7) is 0. The Bertz CT molecular complexity index is 596. The molecule has 1 unspecified atom stereocenters. The van der Waals surface area contributed by atoms with Crippen LogP contribution in [0.5, 0.6) is 0 Å². The number of anilines is 2. The van der Waals surface area contributed by atoms with Crippen molar-refractivity contribution in [1.82, 2.24) is 0 Å². The number of para-hydroxylation sites is 1. The molecule has 2 rings (SSSR count). The van der Waals surface area contributed by atoms with Crippen LogP contribution in [0.4, 0.5) is 11.4 Å². The highest BCUT2D eigenvalue weighted by Gasteiger charge is 2.12. The van der Waals surface area contributed by atoms with Crippen LogP contribution in [0.25, 0.3) is 0 Å². The van der Waals surface area contributed by atoms with E-state index in [0.29, 0.717) is 16.9 Å². The van der Waals surface area contributed by atoms with Crippen molar-refractivity contribution in [3.63, 3.8) is 0 Å². The molecule has 0 saturated heterocycles. The quantitative estimate of drug-likeness (QED) is 0.587. The molecule has 0 heterocycles. The van der Waals surface area contributed by atoms with Gasteiger partial charge in [-0.2, -0.15) is 0 Å². The number of amides is 1. The average Bonchev–Trinajstić information content (AvgIpc) is 2.47. The Labute approximate surface area is 117 Å². The van der Waals surface area contributed by atoms with Gasteiger partial charge in [-0.3, -0.25) is 4.79 Å². The standard InChI is InChI=1S/C15H17N3O2/c1-20-14(17)12-4-2-3-5-13(12)18-15(19)10-6-8-11(16)9-7-10/h2-9,14H,16-17H2,1H3,(H,18,19). The molecule has 20 heavy (non-hydrogen) atoms. The molecule has 0 fully saturated rings. The molecule has 0 spiro atoms. The molecular weight excluding hydrogens is 254 g/mol. The van der Waals surface area contributed by atoms with E-state index in [2.05, 4.69) is 5.32 Å². The molecule has 5 N–H and O–H groups in total. The van der Waals surface area contributed by atoms with Crippen molar-refractivity contribution in [3.05, 3.63) is 59.7 Å². The van der Waals surface area contributed by atoms with Gasteiger partial charge >= 0.3 is 0 Å². The number of rotatable bonds is 4. The summed E-state index contributed by atoms with van der Waals surface area (Å²) < 4.78 is 5.09. The van der Waals surface area contributed by atoms with Gasteiger partial charge in [0.05, 0.1) is 0 Å².